The average molecular weight is 303 g/mol. The van der Waals surface area contributed by atoms with Gasteiger partial charge in [-0.2, -0.15) is 10.1 Å². The summed E-state index contributed by atoms with van der Waals surface area (Å²) >= 11 is 0. The quantitative estimate of drug-likeness (QED) is 0.837. The van der Waals surface area contributed by atoms with Gasteiger partial charge in [0.25, 0.3) is 11.5 Å². The van der Waals surface area contributed by atoms with Crippen molar-refractivity contribution in [1.29, 1.82) is 0 Å². The van der Waals surface area contributed by atoms with Crippen molar-refractivity contribution in [2.75, 3.05) is 6.54 Å². The number of aromatic nitrogens is 4. The molecule has 2 aromatic heterocycles. The highest BCUT2D eigenvalue weighted by Gasteiger charge is 2.34. The van der Waals surface area contributed by atoms with Crippen LogP contribution in [0.1, 0.15) is 48.0 Å². The van der Waals surface area contributed by atoms with Crippen molar-refractivity contribution in [2.24, 2.45) is 0 Å². The number of aryl methyl sites for hydroxylation is 2. The first kappa shape index (κ1) is 14.4. The molecule has 2 aromatic rings. The molecular weight excluding hydrogens is 286 g/mol. The first-order valence-electron chi connectivity index (χ1n) is 7.29. The molecule has 0 N–H and O–H groups in total. The van der Waals surface area contributed by atoms with E-state index in [1.807, 2.05) is 6.92 Å². The molecule has 0 aromatic carbocycles. The van der Waals surface area contributed by atoms with E-state index in [4.69, 9.17) is 4.52 Å². The average Bonchev–Trinajstić information content (AvgIpc) is 3.15. The van der Waals surface area contributed by atoms with E-state index in [-0.39, 0.29) is 23.2 Å². The lowest BCUT2D eigenvalue weighted by molar-refractivity contribution is 0.0719. The standard InChI is InChI=1S/C14H17N5O3/c1-3-19-12(20)7-6-10(16-19)14(21)18-8-4-5-11(18)13-15-9(2)22-17-13/h6-7,11H,3-5,8H2,1-2H3/t11-/m0/s1. The number of carbonyl (C=O) groups excluding carboxylic acids is 1. The second-order valence-corrected chi connectivity index (χ2v) is 5.20. The Kier molecular flexibility index (Phi) is 3.74. The van der Waals surface area contributed by atoms with E-state index in [2.05, 4.69) is 15.2 Å². The smallest absolute Gasteiger partial charge is 0.274 e. The Morgan fingerprint density at radius 2 is 2.27 bits per heavy atom. The second kappa shape index (κ2) is 5.70. The summed E-state index contributed by atoms with van der Waals surface area (Å²) in [6.45, 7) is 4.57. The number of nitrogens with zero attached hydrogens (tertiary/aromatic N) is 5. The number of hydrogen-bond acceptors (Lipinski definition) is 6. The van der Waals surface area contributed by atoms with E-state index in [9.17, 15) is 9.59 Å². The third-order valence-electron chi connectivity index (χ3n) is 3.74. The maximum Gasteiger partial charge on any atom is 0.274 e. The molecule has 3 heterocycles. The summed E-state index contributed by atoms with van der Waals surface area (Å²) in [7, 11) is 0. The summed E-state index contributed by atoms with van der Waals surface area (Å²) in [5, 5.41) is 8.03. The lowest BCUT2D eigenvalue weighted by Crippen LogP contribution is -2.33. The maximum atomic E-state index is 12.7. The zero-order valence-corrected chi connectivity index (χ0v) is 12.5. The van der Waals surface area contributed by atoms with E-state index in [1.165, 1.54) is 16.8 Å². The Morgan fingerprint density at radius 3 is 2.95 bits per heavy atom. The predicted molar refractivity (Wildman–Crippen MR) is 76.2 cm³/mol. The van der Waals surface area contributed by atoms with Gasteiger partial charge in [0.15, 0.2) is 5.82 Å². The first-order valence-corrected chi connectivity index (χ1v) is 7.29. The number of rotatable bonds is 3. The lowest BCUT2D eigenvalue weighted by Gasteiger charge is -2.21. The van der Waals surface area contributed by atoms with Gasteiger partial charge < -0.3 is 9.42 Å². The summed E-state index contributed by atoms with van der Waals surface area (Å²) in [6.07, 6.45) is 1.66. The van der Waals surface area contributed by atoms with Gasteiger partial charge in [-0.05, 0) is 25.8 Å². The fraction of sp³-hybridized carbons (Fsp3) is 0.500. The van der Waals surface area contributed by atoms with Crippen LogP contribution in [0.25, 0.3) is 0 Å². The largest absolute Gasteiger partial charge is 0.340 e. The molecule has 3 rings (SSSR count). The maximum absolute atomic E-state index is 12.7. The van der Waals surface area contributed by atoms with Crippen molar-refractivity contribution in [2.45, 2.75) is 39.3 Å². The Bertz CT molecular complexity index is 751. The molecule has 22 heavy (non-hydrogen) atoms. The summed E-state index contributed by atoms with van der Waals surface area (Å²) in [6, 6.07) is 2.63. The number of carbonyl (C=O) groups is 1. The van der Waals surface area contributed by atoms with Crippen LogP contribution >= 0.6 is 0 Å². The molecule has 116 valence electrons. The summed E-state index contributed by atoms with van der Waals surface area (Å²) < 4.78 is 6.28. The van der Waals surface area contributed by atoms with Crippen LogP contribution in [0, 0.1) is 6.92 Å². The fourth-order valence-electron chi connectivity index (χ4n) is 2.67. The van der Waals surface area contributed by atoms with Crippen molar-refractivity contribution in [3.05, 3.63) is 39.9 Å². The minimum absolute atomic E-state index is 0.200. The predicted octanol–water partition coefficient (Wildman–Crippen LogP) is 0.932. The summed E-state index contributed by atoms with van der Waals surface area (Å²) in [5.74, 6) is 0.784. The monoisotopic (exact) mass is 303 g/mol. The highest BCUT2D eigenvalue weighted by molar-refractivity contribution is 5.92. The van der Waals surface area contributed by atoms with Crippen molar-refractivity contribution in [3.63, 3.8) is 0 Å². The molecule has 8 nitrogen and oxygen atoms in total. The molecule has 1 fully saturated rings. The first-order chi connectivity index (χ1) is 10.6. The second-order valence-electron chi connectivity index (χ2n) is 5.20. The van der Waals surface area contributed by atoms with Gasteiger partial charge in [-0.1, -0.05) is 5.16 Å². The lowest BCUT2D eigenvalue weighted by atomic mass is 10.2. The van der Waals surface area contributed by atoms with Crippen LogP contribution in [0.3, 0.4) is 0 Å². The highest BCUT2D eigenvalue weighted by Crippen LogP contribution is 2.31. The van der Waals surface area contributed by atoms with E-state index >= 15 is 0 Å². The number of hydrogen-bond donors (Lipinski definition) is 0. The molecule has 0 bridgehead atoms. The van der Waals surface area contributed by atoms with Gasteiger partial charge >= 0.3 is 0 Å². The van der Waals surface area contributed by atoms with Crippen molar-refractivity contribution in [1.82, 2.24) is 24.8 Å². The van der Waals surface area contributed by atoms with Crippen LogP contribution in [0.15, 0.2) is 21.5 Å². The molecule has 1 aliphatic rings. The van der Waals surface area contributed by atoms with E-state index in [1.54, 1.807) is 11.8 Å². The molecule has 1 saturated heterocycles. The van der Waals surface area contributed by atoms with Gasteiger partial charge in [-0.3, -0.25) is 9.59 Å². The molecule has 8 heteroatoms. The van der Waals surface area contributed by atoms with Gasteiger partial charge in [0.05, 0.1) is 6.04 Å². The van der Waals surface area contributed by atoms with Gasteiger partial charge in [-0.25, -0.2) is 4.68 Å². The Labute approximate surface area is 126 Å². The Morgan fingerprint density at radius 1 is 1.45 bits per heavy atom. The minimum atomic E-state index is -0.217. The molecule has 1 atom stereocenters. The van der Waals surface area contributed by atoms with Gasteiger partial charge in [-0.15, -0.1) is 0 Å². The highest BCUT2D eigenvalue weighted by atomic mass is 16.5. The van der Waals surface area contributed by atoms with Crippen LogP contribution in [-0.4, -0.2) is 37.3 Å². The zero-order chi connectivity index (χ0) is 15.7. The molecular formula is C14H17N5O3. The van der Waals surface area contributed by atoms with Gasteiger partial charge in [0, 0.05) is 26.1 Å². The van der Waals surface area contributed by atoms with E-state index < -0.39 is 0 Å². The van der Waals surface area contributed by atoms with E-state index in [0.717, 1.165) is 12.8 Å². The van der Waals surface area contributed by atoms with Crippen molar-refractivity contribution in [3.8, 4) is 0 Å². The third-order valence-corrected chi connectivity index (χ3v) is 3.74. The minimum Gasteiger partial charge on any atom is -0.340 e. The summed E-state index contributed by atoms with van der Waals surface area (Å²) in [5.41, 5.74) is 0.0411. The van der Waals surface area contributed by atoms with Crippen LogP contribution in [0.2, 0.25) is 0 Å². The van der Waals surface area contributed by atoms with Gasteiger partial charge in [0.2, 0.25) is 5.89 Å². The normalized spacial score (nSPS) is 17.9. The molecule has 1 amide bonds. The molecule has 1 aliphatic heterocycles. The summed E-state index contributed by atoms with van der Waals surface area (Å²) in [4.78, 5) is 30.2. The number of amides is 1. The molecule has 0 unspecified atom stereocenters. The van der Waals surface area contributed by atoms with Crippen LogP contribution in [0.4, 0.5) is 0 Å². The Balaban J connectivity index is 1.89. The van der Waals surface area contributed by atoms with E-state index in [0.29, 0.717) is 24.8 Å². The van der Waals surface area contributed by atoms with Crippen LogP contribution < -0.4 is 5.56 Å². The van der Waals surface area contributed by atoms with Crippen LogP contribution in [-0.2, 0) is 6.54 Å². The Hall–Kier alpha value is -2.51. The topological polar surface area (TPSA) is 94.1 Å². The molecule has 0 aliphatic carbocycles. The molecule has 0 spiro atoms. The van der Waals surface area contributed by atoms with Crippen molar-refractivity contribution < 1.29 is 9.32 Å². The SMILES string of the molecule is CCn1nc(C(=O)N2CCC[C@H]2c2noc(C)n2)ccc1=O. The fourth-order valence-corrected chi connectivity index (χ4v) is 2.67. The number of likely N-dealkylation sites (tertiary alicyclic amines) is 1. The molecule has 0 saturated carbocycles. The third kappa shape index (κ3) is 2.51. The van der Waals surface area contributed by atoms with Crippen LogP contribution in [0.5, 0.6) is 0 Å². The van der Waals surface area contributed by atoms with Crippen molar-refractivity contribution >= 4 is 5.91 Å². The zero-order valence-electron chi connectivity index (χ0n) is 12.5. The van der Waals surface area contributed by atoms with Gasteiger partial charge in [0.1, 0.15) is 5.69 Å². The molecule has 0 radical (unpaired) electrons.